The van der Waals surface area contributed by atoms with Gasteiger partial charge in [-0.05, 0) is 67.8 Å². The monoisotopic (exact) mass is 388 g/mol. The van der Waals surface area contributed by atoms with Crippen molar-refractivity contribution in [2.75, 3.05) is 13.2 Å². The van der Waals surface area contributed by atoms with Gasteiger partial charge in [0.1, 0.15) is 5.65 Å². The number of aliphatic hydroxyl groups is 1. The van der Waals surface area contributed by atoms with Crippen LogP contribution in [-0.4, -0.2) is 51.5 Å². The number of rotatable bonds is 1. The maximum atomic E-state index is 11.2. The quantitative estimate of drug-likeness (QED) is 0.732. The Morgan fingerprint density at radius 2 is 2.28 bits per heavy atom. The van der Waals surface area contributed by atoms with Gasteiger partial charge in [0, 0.05) is 47.9 Å². The van der Waals surface area contributed by atoms with E-state index >= 15 is 0 Å². The van der Waals surface area contributed by atoms with Gasteiger partial charge >= 0.3 is 7.05 Å². The van der Waals surface area contributed by atoms with Gasteiger partial charge in [0.2, 0.25) is 0 Å². The second-order valence-corrected chi connectivity index (χ2v) is 10.6. The van der Waals surface area contributed by atoms with E-state index in [0.29, 0.717) is 23.2 Å². The van der Waals surface area contributed by atoms with E-state index in [9.17, 15) is 5.11 Å². The fraction of sp³-hybridized carbons (Fsp3) is 0.636. The van der Waals surface area contributed by atoms with E-state index in [2.05, 4.69) is 16.0 Å². The maximum Gasteiger partial charge on any atom is 0.471 e. The minimum Gasteiger partial charge on any atom is -0.412 e. The first kappa shape index (κ1) is 15.9. The van der Waals surface area contributed by atoms with Crippen molar-refractivity contribution >= 4 is 29.3 Å². The number of aromatic amines is 1. The van der Waals surface area contributed by atoms with E-state index in [0.717, 1.165) is 50.4 Å². The molecule has 6 aliphatic rings. The highest BCUT2D eigenvalue weighted by Crippen LogP contribution is 2.78. The minimum atomic E-state index is -0.409. The second kappa shape index (κ2) is 4.89. The van der Waals surface area contributed by atoms with E-state index in [4.69, 9.17) is 14.7 Å². The minimum absolute atomic E-state index is 0.108. The zero-order valence-electron chi connectivity index (χ0n) is 16.5. The molecule has 0 amide bonds. The van der Waals surface area contributed by atoms with Crippen LogP contribution in [-0.2, 0) is 4.65 Å². The van der Waals surface area contributed by atoms with E-state index < -0.39 is 5.60 Å². The molecule has 5 unspecified atom stereocenters. The molecule has 4 aliphatic carbocycles. The summed E-state index contributed by atoms with van der Waals surface area (Å²) in [7, 11) is -0.108. The number of hydrogen-bond donors (Lipinski definition) is 2. The summed E-state index contributed by atoms with van der Waals surface area (Å²) in [5.41, 5.74) is 4.62. The number of aromatic nitrogens is 2. The van der Waals surface area contributed by atoms with Crippen LogP contribution < -0.4 is 5.46 Å². The van der Waals surface area contributed by atoms with Gasteiger partial charge in [0.25, 0.3) is 0 Å². The zero-order valence-corrected chi connectivity index (χ0v) is 16.5. The van der Waals surface area contributed by atoms with Crippen LogP contribution in [0.5, 0.6) is 0 Å². The Labute approximate surface area is 169 Å². The molecule has 7 heteroatoms. The Balaban J connectivity index is 1.34. The van der Waals surface area contributed by atoms with Crippen LogP contribution in [0.4, 0.5) is 0 Å². The standard InChI is InChI=1S/C22H25BN4O2/c28-21-7-12-8-22(11-21)13(9-21)6-15(22)17(12)19-18-14-2-3-24-20(14)25-10-16(18)23-27(26-19)4-1-5-29-23/h2-3,10,12-13,15,17,28H,1,4-9,11H2,(H,24,25)/t12?,13?,15?,17-,21?,22?/m1/s1. The Morgan fingerprint density at radius 1 is 1.31 bits per heavy atom. The molecule has 5 fully saturated rings. The second-order valence-electron chi connectivity index (χ2n) is 10.6. The SMILES string of the molecule is OC12CC3CC4(C1)C(CC4[C@@H]3C1=NN3CCCOB3c3cnc4[nH]ccc4c31)C2. The lowest BCUT2D eigenvalue weighted by atomic mass is 9.53. The predicted octanol–water partition coefficient (Wildman–Crippen LogP) is 1.89. The normalized spacial score (nSPS) is 43.8. The fourth-order valence-corrected chi connectivity index (χ4v) is 8.61. The van der Waals surface area contributed by atoms with Crippen LogP contribution in [0.3, 0.4) is 0 Å². The van der Waals surface area contributed by atoms with Gasteiger partial charge < -0.3 is 19.7 Å². The molecule has 3 bridgehead atoms. The number of nitrogens with zero attached hydrogens (tertiary/aromatic N) is 3. The highest BCUT2D eigenvalue weighted by atomic mass is 16.4. The third-order valence-electron chi connectivity index (χ3n) is 9.37. The van der Waals surface area contributed by atoms with Gasteiger partial charge in [-0.3, -0.25) is 0 Å². The molecule has 148 valence electrons. The molecule has 2 N–H and O–H groups in total. The number of pyridine rings is 1. The predicted molar refractivity (Wildman–Crippen MR) is 110 cm³/mol. The maximum absolute atomic E-state index is 11.2. The Bertz CT molecular complexity index is 1100. The smallest absolute Gasteiger partial charge is 0.412 e. The molecular formula is C22H25BN4O2. The number of nitrogens with one attached hydrogen (secondary N) is 1. The van der Waals surface area contributed by atoms with E-state index in [1.807, 2.05) is 12.4 Å². The van der Waals surface area contributed by atoms with Gasteiger partial charge in [0.05, 0.1) is 11.3 Å². The fourth-order valence-electron chi connectivity index (χ4n) is 8.61. The Morgan fingerprint density at radius 3 is 3.24 bits per heavy atom. The summed E-state index contributed by atoms with van der Waals surface area (Å²) in [6, 6.07) is 2.15. The van der Waals surface area contributed by atoms with Gasteiger partial charge in [0.15, 0.2) is 0 Å². The van der Waals surface area contributed by atoms with Crippen molar-refractivity contribution in [1.29, 1.82) is 0 Å². The lowest BCUT2D eigenvalue weighted by Gasteiger charge is -2.51. The van der Waals surface area contributed by atoms with Crippen molar-refractivity contribution in [2.45, 2.75) is 44.1 Å². The van der Waals surface area contributed by atoms with Gasteiger partial charge in [-0.2, -0.15) is 5.10 Å². The number of hydrazone groups is 1. The average Bonchev–Trinajstić information content (AvgIpc) is 3.30. The average molecular weight is 388 g/mol. The molecule has 2 aromatic rings. The van der Waals surface area contributed by atoms with Crippen LogP contribution in [0.25, 0.3) is 11.0 Å². The lowest BCUT2D eigenvalue weighted by molar-refractivity contribution is -0.0259. The van der Waals surface area contributed by atoms with Crippen molar-refractivity contribution < 1.29 is 9.76 Å². The van der Waals surface area contributed by atoms with Gasteiger partial charge in [-0.25, -0.2) is 4.98 Å². The topological polar surface area (TPSA) is 73.7 Å². The number of H-pyrrole nitrogens is 1. The Hall–Kier alpha value is -1.86. The molecule has 6 atom stereocenters. The first-order valence-corrected chi connectivity index (χ1v) is 11.3. The van der Waals surface area contributed by atoms with Gasteiger partial charge in [-0.1, -0.05) is 0 Å². The largest absolute Gasteiger partial charge is 0.471 e. The summed E-state index contributed by atoms with van der Waals surface area (Å²) in [6.07, 6.45) is 10.6. The first-order valence-electron chi connectivity index (χ1n) is 11.3. The molecule has 1 spiro atoms. The summed E-state index contributed by atoms with van der Waals surface area (Å²) in [5.74, 6) is 2.45. The van der Waals surface area contributed by atoms with Crippen molar-refractivity contribution in [3.8, 4) is 0 Å². The first-order chi connectivity index (χ1) is 14.2. The molecule has 2 aliphatic heterocycles. The molecule has 4 heterocycles. The number of hydrogen-bond acceptors (Lipinski definition) is 5. The molecule has 8 rings (SSSR count). The third-order valence-corrected chi connectivity index (χ3v) is 9.37. The Kier molecular flexibility index (Phi) is 2.68. The molecule has 2 aromatic heterocycles. The lowest BCUT2D eigenvalue weighted by Crippen LogP contribution is -2.58. The molecule has 0 aromatic carbocycles. The molecule has 29 heavy (non-hydrogen) atoms. The summed E-state index contributed by atoms with van der Waals surface area (Å²) in [4.78, 5) is 10.2. The van der Waals surface area contributed by atoms with Crippen molar-refractivity contribution in [3.63, 3.8) is 0 Å². The van der Waals surface area contributed by atoms with Crippen LogP contribution in [0.2, 0.25) is 0 Å². The van der Waals surface area contributed by atoms with Crippen LogP contribution in [0.1, 0.15) is 44.1 Å². The zero-order chi connectivity index (χ0) is 19.0. The number of fused-ring (bicyclic) bond motifs is 7. The molecule has 4 saturated carbocycles. The summed E-state index contributed by atoms with van der Waals surface area (Å²) in [6.45, 7) is 1.72. The highest BCUT2D eigenvalue weighted by molar-refractivity contribution is 6.67. The molecular weight excluding hydrogens is 363 g/mol. The van der Waals surface area contributed by atoms with E-state index in [1.54, 1.807) is 0 Å². The summed E-state index contributed by atoms with van der Waals surface area (Å²) in [5, 5.41) is 17.7. The van der Waals surface area contributed by atoms with Crippen molar-refractivity contribution in [3.05, 3.63) is 24.0 Å². The summed E-state index contributed by atoms with van der Waals surface area (Å²) >= 11 is 0. The van der Waals surface area contributed by atoms with Crippen molar-refractivity contribution in [1.82, 2.24) is 14.9 Å². The van der Waals surface area contributed by atoms with Gasteiger partial charge in [-0.15, -0.1) is 0 Å². The summed E-state index contributed by atoms with van der Waals surface area (Å²) < 4.78 is 6.16. The van der Waals surface area contributed by atoms with E-state index in [-0.39, 0.29) is 7.05 Å². The van der Waals surface area contributed by atoms with Crippen LogP contribution in [0, 0.1) is 29.1 Å². The van der Waals surface area contributed by atoms with E-state index in [1.165, 1.54) is 35.0 Å². The molecule has 0 radical (unpaired) electrons. The van der Waals surface area contributed by atoms with Crippen LogP contribution >= 0.6 is 0 Å². The van der Waals surface area contributed by atoms with Crippen LogP contribution in [0.15, 0.2) is 23.6 Å². The molecule has 1 saturated heterocycles. The third kappa shape index (κ3) is 1.76. The molecule has 6 nitrogen and oxygen atoms in total. The highest BCUT2D eigenvalue weighted by Gasteiger charge is 2.74. The van der Waals surface area contributed by atoms with Crippen molar-refractivity contribution in [2.24, 2.45) is 34.2 Å².